The molecule has 1 N–H and O–H groups in total. The average molecular weight is 134 g/mol. The van der Waals surface area contributed by atoms with Gasteiger partial charge in [0.2, 0.25) is 0 Å². The third kappa shape index (κ3) is 1.18. The fraction of sp³-hybridized carbons (Fsp3) is 0.111. The Hall–Kier alpha value is -1.24. The average Bonchev–Trinajstić information content (AvgIpc) is 1.88. The molecule has 0 aliphatic heterocycles. The summed E-state index contributed by atoms with van der Waals surface area (Å²) in [5, 5.41) is 9.01. The highest BCUT2D eigenvalue weighted by atomic mass is 16.3. The summed E-state index contributed by atoms with van der Waals surface area (Å²) in [5.74, 6) is 0.0793. The van der Waals surface area contributed by atoms with Gasteiger partial charge in [0, 0.05) is 0 Å². The maximum Gasteiger partial charge on any atom is 0.0963 e. The van der Waals surface area contributed by atoms with Crippen LogP contribution in [0.25, 0.3) is 0 Å². The Kier molecular flexibility index (Phi) is 1.76. The number of aliphatic hydroxyl groups is 1. The zero-order valence-electron chi connectivity index (χ0n) is 5.75. The van der Waals surface area contributed by atoms with Crippen LogP contribution >= 0.6 is 0 Å². The monoisotopic (exact) mass is 134 g/mol. The van der Waals surface area contributed by atoms with Gasteiger partial charge in [-0.3, -0.25) is 0 Å². The van der Waals surface area contributed by atoms with E-state index in [1.807, 2.05) is 24.3 Å². The van der Waals surface area contributed by atoms with E-state index in [0.717, 1.165) is 5.57 Å². The van der Waals surface area contributed by atoms with Crippen LogP contribution in [0, 0.1) is 5.92 Å². The minimum absolute atomic E-state index is 0.0787. The zero-order chi connectivity index (χ0) is 7.56. The lowest BCUT2D eigenvalue weighted by molar-refractivity contribution is 0.376. The molecule has 1 rings (SSSR count). The maximum absolute atomic E-state index is 9.01. The highest BCUT2D eigenvalue weighted by molar-refractivity contribution is 5.35. The molecular formula is C9H10O. The summed E-state index contributed by atoms with van der Waals surface area (Å²) >= 11 is 0. The van der Waals surface area contributed by atoms with Crippen LogP contribution < -0.4 is 0 Å². The first-order chi connectivity index (χ1) is 4.72. The van der Waals surface area contributed by atoms with Crippen LogP contribution in [0.15, 0.2) is 48.8 Å². The molecule has 52 valence electrons. The van der Waals surface area contributed by atoms with Crippen LogP contribution in [0.2, 0.25) is 0 Å². The molecule has 0 aromatic carbocycles. The van der Waals surface area contributed by atoms with Gasteiger partial charge in [-0.2, -0.15) is 0 Å². The Morgan fingerprint density at radius 2 is 2.20 bits per heavy atom. The number of hydrogen-bond acceptors (Lipinski definition) is 1. The van der Waals surface area contributed by atoms with E-state index in [1.165, 1.54) is 0 Å². The fourth-order valence-corrected chi connectivity index (χ4v) is 0.907. The highest BCUT2D eigenvalue weighted by Crippen LogP contribution is 2.21. The van der Waals surface area contributed by atoms with Crippen molar-refractivity contribution in [1.82, 2.24) is 0 Å². The van der Waals surface area contributed by atoms with E-state index in [-0.39, 0.29) is 11.7 Å². The minimum Gasteiger partial charge on any atom is -0.512 e. The van der Waals surface area contributed by atoms with Crippen LogP contribution in [0.5, 0.6) is 0 Å². The van der Waals surface area contributed by atoms with Crippen molar-refractivity contribution >= 4 is 0 Å². The van der Waals surface area contributed by atoms with E-state index in [4.69, 9.17) is 5.11 Å². The molecule has 0 radical (unpaired) electrons. The quantitative estimate of drug-likeness (QED) is 0.546. The molecule has 0 saturated carbocycles. The summed E-state index contributed by atoms with van der Waals surface area (Å²) in [6.45, 7) is 7.20. The van der Waals surface area contributed by atoms with E-state index in [2.05, 4.69) is 13.2 Å². The van der Waals surface area contributed by atoms with Crippen LogP contribution in [0.1, 0.15) is 0 Å². The van der Waals surface area contributed by atoms with Crippen molar-refractivity contribution in [2.45, 2.75) is 0 Å². The molecule has 0 amide bonds. The lowest BCUT2D eigenvalue weighted by Crippen LogP contribution is -2.02. The number of rotatable bonds is 1. The van der Waals surface area contributed by atoms with Crippen molar-refractivity contribution in [3.63, 3.8) is 0 Å². The topological polar surface area (TPSA) is 20.2 Å². The van der Waals surface area contributed by atoms with Crippen LogP contribution in [0.3, 0.4) is 0 Å². The summed E-state index contributed by atoms with van der Waals surface area (Å²) in [7, 11) is 0. The molecule has 0 heterocycles. The normalized spacial score (nSPS) is 23.2. The van der Waals surface area contributed by atoms with Gasteiger partial charge in [-0.05, 0) is 5.57 Å². The summed E-state index contributed by atoms with van der Waals surface area (Å²) in [4.78, 5) is 0. The molecule has 1 atom stereocenters. The summed E-state index contributed by atoms with van der Waals surface area (Å²) in [5.41, 5.74) is 0.884. The fourth-order valence-electron chi connectivity index (χ4n) is 0.907. The molecule has 1 heteroatoms. The molecule has 0 saturated heterocycles. The molecule has 0 fully saturated rings. The first kappa shape index (κ1) is 6.87. The third-order valence-corrected chi connectivity index (χ3v) is 1.48. The Balaban J connectivity index is 2.80. The zero-order valence-corrected chi connectivity index (χ0v) is 5.75. The van der Waals surface area contributed by atoms with Crippen LogP contribution in [-0.2, 0) is 0 Å². The van der Waals surface area contributed by atoms with Gasteiger partial charge in [-0.1, -0.05) is 37.5 Å². The standard InChI is InChI=1S/C9H10O/c1-7-5-3-4-6-9(7)8(2)10/h3-6,9-10H,1-2H2. The van der Waals surface area contributed by atoms with Crippen molar-refractivity contribution in [2.75, 3.05) is 0 Å². The Morgan fingerprint density at radius 3 is 2.60 bits per heavy atom. The molecule has 0 aromatic rings. The lowest BCUT2D eigenvalue weighted by Gasteiger charge is -2.13. The highest BCUT2D eigenvalue weighted by Gasteiger charge is 2.10. The Morgan fingerprint density at radius 1 is 1.50 bits per heavy atom. The van der Waals surface area contributed by atoms with Crippen molar-refractivity contribution in [1.29, 1.82) is 0 Å². The second-order valence-electron chi connectivity index (χ2n) is 2.29. The predicted octanol–water partition coefficient (Wildman–Crippen LogP) is 2.36. The van der Waals surface area contributed by atoms with Crippen LogP contribution in [0.4, 0.5) is 0 Å². The predicted molar refractivity (Wildman–Crippen MR) is 42.7 cm³/mol. The van der Waals surface area contributed by atoms with Gasteiger partial charge in [0.25, 0.3) is 0 Å². The van der Waals surface area contributed by atoms with Gasteiger partial charge in [-0.25, -0.2) is 0 Å². The number of hydrogen-bond donors (Lipinski definition) is 1. The smallest absolute Gasteiger partial charge is 0.0963 e. The van der Waals surface area contributed by atoms with Gasteiger partial charge >= 0.3 is 0 Å². The first-order valence-corrected chi connectivity index (χ1v) is 3.13. The van der Waals surface area contributed by atoms with Crippen molar-refractivity contribution in [3.05, 3.63) is 48.8 Å². The van der Waals surface area contributed by atoms with E-state index in [0.29, 0.717) is 0 Å². The first-order valence-electron chi connectivity index (χ1n) is 3.13. The van der Waals surface area contributed by atoms with E-state index in [9.17, 15) is 0 Å². The van der Waals surface area contributed by atoms with Crippen molar-refractivity contribution in [2.24, 2.45) is 5.92 Å². The Labute approximate surface area is 60.7 Å². The third-order valence-electron chi connectivity index (χ3n) is 1.48. The van der Waals surface area contributed by atoms with Gasteiger partial charge in [-0.15, -0.1) is 0 Å². The van der Waals surface area contributed by atoms with Crippen molar-refractivity contribution in [3.8, 4) is 0 Å². The summed E-state index contributed by atoms with van der Waals surface area (Å²) in [6, 6.07) is 0. The largest absolute Gasteiger partial charge is 0.512 e. The molecule has 0 spiro atoms. The van der Waals surface area contributed by atoms with Gasteiger partial charge < -0.3 is 5.11 Å². The van der Waals surface area contributed by atoms with Gasteiger partial charge in [0.15, 0.2) is 0 Å². The Bertz CT molecular complexity index is 221. The second kappa shape index (κ2) is 2.56. The second-order valence-corrected chi connectivity index (χ2v) is 2.29. The SMILES string of the molecule is C=C(O)C1C=CC=CC1=C. The lowest BCUT2D eigenvalue weighted by atomic mass is 9.95. The molecule has 1 aliphatic rings. The van der Waals surface area contributed by atoms with E-state index >= 15 is 0 Å². The summed E-state index contributed by atoms with van der Waals surface area (Å²) < 4.78 is 0. The summed E-state index contributed by atoms with van der Waals surface area (Å²) in [6.07, 6.45) is 7.50. The van der Waals surface area contributed by atoms with Crippen molar-refractivity contribution < 1.29 is 5.11 Å². The molecule has 10 heavy (non-hydrogen) atoms. The number of allylic oxidation sites excluding steroid dienone is 4. The molecule has 1 unspecified atom stereocenters. The maximum atomic E-state index is 9.01. The molecule has 0 bridgehead atoms. The van der Waals surface area contributed by atoms with E-state index in [1.54, 1.807) is 0 Å². The van der Waals surface area contributed by atoms with Gasteiger partial charge in [0.05, 0.1) is 11.7 Å². The molecular weight excluding hydrogens is 124 g/mol. The van der Waals surface area contributed by atoms with E-state index < -0.39 is 0 Å². The number of aliphatic hydroxyl groups excluding tert-OH is 1. The minimum atomic E-state index is -0.0787. The molecule has 1 aliphatic carbocycles. The van der Waals surface area contributed by atoms with Gasteiger partial charge in [0.1, 0.15) is 0 Å². The van der Waals surface area contributed by atoms with Crippen LogP contribution in [-0.4, -0.2) is 5.11 Å². The molecule has 1 nitrogen and oxygen atoms in total. The molecule has 0 aromatic heterocycles.